The van der Waals surface area contributed by atoms with Crippen LogP contribution in [0.1, 0.15) is 12.5 Å². The van der Waals surface area contributed by atoms with Crippen LogP contribution in [0.15, 0.2) is 48.6 Å². The molecule has 2 aromatic rings. The molecule has 1 amide bonds. The highest BCUT2D eigenvalue weighted by molar-refractivity contribution is 6.30. The number of nitrogens with one attached hydrogen (secondary N) is 1. The van der Waals surface area contributed by atoms with E-state index < -0.39 is 24.3 Å². The van der Waals surface area contributed by atoms with E-state index in [1.165, 1.54) is 12.1 Å². The maximum atomic E-state index is 14.1. The number of carbonyl (C=O) groups is 2. The Balaban J connectivity index is 1.88. The van der Waals surface area contributed by atoms with Crippen molar-refractivity contribution in [3.8, 4) is 5.75 Å². The number of hydrogen-bond acceptors (Lipinski definition) is 5. The van der Waals surface area contributed by atoms with Crippen molar-refractivity contribution in [2.45, 2.75) is 19.4 Å². The highest BCUT2D eigenvalue weighted by Crippen LogP contribution is 2.34. The molecular weight excluding hydrogens is 439 g/mol. The van der Waals surface area contributed by atoms with E-state index in [4.69, 9.17) is 26.2 Å². The number of amides is 1. The maximum Gasteiger partial charge on any atom is 0.341 e. The van der Waals surface area contributed by atoms with Gasteiger partial charge in [0.2, 0.25) is 5.91 Å². The van der Waals surface area contributed by atoms with Crippen LogP contribution in [0.4, 0.5) is 15.8 Å². The summed E-state index contributed by atoms with van der Waals surface area (Å²) in [4.78, 5) is 25.7. The summed E-state index contributed by atoms with van der Waals surface area (Å²) >= 11 is 5.78. The van der Waals surface area contributed by atoms with Gasteiger partial charge < -0.3 is 24.8 Å². The molecule has 32 heavy (non-hydrogen) atoms. The van der Waals surface area contributed by atoms with Gasteiger partial charge in [0.05, 0.1) is 37.1 Å². The quantitative estimate of drug-likeness (QED) is 0.520. The third-order valence-electron chi connectivity index (χ3n) is 4.78. The molecule has 7 nitrogen and oxygen atoms in total. The molecule has 2 N–H and O–H groups in total. The largest absolute Gasteiger partial charge is 0.482 e. The Morgan fingerprint density at radius 3 is 2.66 bits per heavy atom. The predicted molar refractivity (Wildman–Crippen MR) is 120 cm³/mol. The first kappa shape index (κ1) is 23.6. The summed E-state index contributed by atoms with van der Waals surface area (Å²) in [5, 5.41) is 11.9. The van der Waals surface area contributed by atoms with Crippen LogP contribution >= 0.6 is 11.6 Å². The molecule has 1 saturated heterocycles. The summed E-state index contributed by atoms with van der Waals surface area (Å²) in [6.45, 7) is 6.97. The van der Waals surface area contributed by atoms with Gasteiger partial charge in [-0.25, -0.2) is 9.18 Å². The fourth-order valence-electron chi connectivity index (χ4n) is 3.24. The average molecular weight is 463 g/mol. The number of carboxylic acid groups (broad SMARTS) is 1. The van der Waals surface area contributed by atoms with Crippen LogP contribution in [0.5, 0.6) is 5.75 Å². The number of halogens is 2. The van der Waals surface area contributed by atoms with Gasteiger partial charge in [-0.15, -0.1) is 0 Å². The Morgan fingerprint density at radius 1 is 1.31 bits per heavy atom. The number of anilines is 2. The summed E-state index contributed by atoms with van der Waals surface area (Å²) in [5.41, 5.74) is 2.25. The van der Waals surface area contributed by atoms with Crippen molar-refractivity contribution in [1.29, 1.82) is 0 Å². The van der Waals surface area contributed by atoms with E-state index in [1.807, 2.05) is 6.92 Å². The number of benzene rings is 2. The molecule has 1 heterocycles. The van der Waals surface area contributed by atoms with Crippen molar-refractivity contribution in [1.82, 2.24) is 0 Å². The second kappa shape index (κ2) is 10.5. The zero-order valence-electron chi connectivity index (χ0n) is 17.6. The zero-order chi connectivity index (χ0) is 23.3. The summed E-state index contributed by atoms with van der Waals surface area (Å²) in [5.74, 6) is -1.84. The lowest BCUT2D eigenvalue weighted by Crippen LogP contribution is -2.50. The molecule has 3 rings (SSSR count). The van der Waals surface area contributed by atoms with Gasteiger partial charge in [-0.3, -0.25) is 4.79 Å². The lowest BCUT2D eigenvalue weighted by Gasteiger charge is -2.40. The number of hydrogen-bond donors (Lipinski definition) is 2. The molecule has 9 heteroatoms. The molecule has 2 aromatic carbocycles. The highest BCUT2D eigenvalue weighted by Gasteiger charge is 2.28. The van der Waals surface area contributed by atoms with Gasteiger partial charge in [0.15, 0.2) is 6.61 Å². The standard InChI is InChI=1S/C23H24ClFN2O5/c1-14(2)10-27(17-11-31-12-17)21-6-5-18(32-13-23(29)30)9-20(21)26-22(28)7-15-3-4-16(24)8-19(15)25/h3-6,8-9,17H,1,7,10-13H2,2H3,(H,26,28)(H,29,30). The van der Waals surface area contributed by atoms with Gasteiger partial charge >= 0.3 is 5.97 Å². The van der Waals surface area contributed by atoms with Crippen LogP contribution < -0.4 is 15.0 Å². The minimum atomic E-state index is -1.12. The highest BCUT2D eigenvalue weighted by atomic mass is 35.5. The van der Waals surface area contributed by atoms with Crippen molar-refractivity contribution in [3.63, 3.8) is 0 Å². The maximum absolute atomic E-state index is 14.1. The molecule has 0 atom stereocenters. The molecular formula is C23H24ClFN2O5. The van der Waals surface area contributed by atoms with Gasteiger partial charge in [-0.05, 0) is 36.8 Å². The number of ether oxygens (including phenoxy) is 2. The lowest BCUT2D eigenvalue weighted by molar-refractivity contribution is -0.139. The van der Waals surface area contributed by atoms with E-state index >= 15 is 0 Å². The molecule has 0 aromatic heterocycles. The third-order valence-corrected chi connectivity index (χ3v) is 5.02. The Bertz CT molecular complexity index is 1030. The van der Waals surface area contributed by atoms with E-state index in [-0.39, 0.29) is 28.8 Å². The molecule has 170 valence electrons. The number of rotatable bonds is 10. The molecule has 1 aliphatic rings. The molecule has 1 aliphatic heterocycles. The van der Waals surface area contributed by atoms with Gasteiger partial charge in [-0.2, -0.15) is 0 Å². The fraction of sp³-hybridized carbons (Fsp3) is 0.304. The van der Waals surface area contributed by atoms with Crippen molar-refractivity contribution in [2.75, 3.05) is 36.6 Å². The zero-order valence-corrected chi connectivity index (χ0v) is 18.3. The predicted octanol–water partition coefficient (Wildman–Crippen LogP) is 3.91. The number of carboxylic acids is 1. The van der Waals surface area contributed by atoms with Crippen molar-refractivity contribution >= 4 is 34.9 Å². The first-order valence-corrected chi connectivity index (χ1v) is 10.3. The average Bonchev–Trinajstić information content (AvgIpc) is 2.66. The SMILES string of the molecule is C=C(C)CN(c1ccc(OCC(=O)O)cc1NC(=O)Cc1ccc(Cl)cc1F)C1COC1. The molecule has 0 bridgehead atoms. The minimum absolute atomic E-state index is 0.0989. The van der Waals surface area contributed by atoms with Gasteiger partial charge in [0, 0.05) is 17.6 Å². The minimum Gasteiger partial charge on any atom is -0.482 e. The molecule has 0 radical (unpaired) electrons. The summed E-state index contributed by atoms with van der Waals surface area (Å²) in [6.07, 6.45) is -0.199. The van der Waals surface area contributed by atoms with E-state index in [9.17, 15) is 14.0 Å². The lowest BCUT2D eigenvalue weighted by atomic mass is 10.1. The van der Waals surface area contributed by atoms with Gasteiger partial charge in [0.1, 0.15) is 11.6 Å². The number of aliphatic carboxylic acids is 1. The van der Waals surface area contributed by atoms with Gasteiger partial charge in [0.25, 0.3) is 0 Å². The Labute approximate surface area is 190 Å². The topological polar surface area (TPSA) is 88.1 Å². The third kappa shape index (κ3) is 6.21. The normalized spacial score (nSPS) is 13.2. The van der Waals surface area contributed by atoms with Crippen LogP contribution in [0.2, 0.25) is 5.02 Å². The van der Waals surface area contributed by atoms with Crippen molar-refractivity contribution in [2.24, 2.45) is 0 Å². The second-order valence-electron chi connectivity index (χ2n) is 7.60. The van der Waals surface area contributed by atoms with Crippen LogP contribution in [-0.4, -0.2) is 49.4 Å². The molecule has 0 unspecified atom stereocenters. The molecule has 0 saturated carbocycles. The van der Waals surface area contributed by atoms with E-state index in [0.29, 0.717) is 31.1 Å². The fourth-order valence-corrected chi connectivity index (χ4v) is 3.40. The van der Waals surface area contributed by atoms with Gasteiger partial charge in [-0.1, -0.05) is 29.8 Å². The Hall–Kier alpha value is -3.10. The summed E-state index contributed by atoms with van der Waals surface area (Å²) < 4.78 is 24.7. The first-order chi connectivity index (χ1) is 15.2. The summed E-state index contributed by atoms with van der Waals surface area (Å²) in [7, 11) is 0. The van der Waals surface area contributed by atoms with Crippen molar-refractivity contribution < 1.29 is 28.6 Å². The Morgan fingerprint density at radius 2 is 2.06 bits per heavy atom. The second-order valence-corrected chi connectivity index (χ2v) is 8.03. The van der Waals surface area contributed by atoms with E-state index in [0.717, 1.165) is 11.6 Å². The Kier molecular flexibility index (Phi) is 7.71. The first-order valence-electron chi connectivity index (χ1n) is 9.94. The van der Waals surface area contributed by atoms with Crippen molar-refractivity contribution in [3.05, 3.63) is 65.0 Å². The van der Waals surface area contributed by atoms with E-state index in [2.05, 4.69) is 16.8 Å². The van der Waals surface area contributed by atoms with E-state index in [1.54, 1.807) is 18.2 Å². The summed E-state index contributed by atoms with van der Waals surface area (Å²) in [6, 6.07) is 9.17. The van der Waals surface area contributed by atoms with Crippen LogP contribution in [-0.2, 0) is 20.7 Å². The van der Waals surface area contributed by atoms with Crippen LogP contribution in [0.25, 0.3) is 0 Å². The van der Waals surface area contributed by atoms with Crippen LogP contribution in [0.3, 0.4) is 0 Å². The molecule has 0 spiro atoms. The number of carbonyl (C=O) groups excluding carboxylic acids is 1. The smallest absolute Gasteiger partial charge is 0.341 e. The monoisotopic (exact) mass is 462 g/mol. The number of nitrogens with zero attached hydrogens (tertiary/aromatic N) is 1. The van der Waals surface area contributed by atoms with Crippen LogP contribution in [0, 0.1) is 5.82 Å². The molecule has 1 fully saturated rings. The molecule has 0 aliphatic carbocycles.